The molecule has 1 fully saturated rings. The standard InChI is InChI=1S/C5H8FN2O3/c6-5(9)1-2-7-4(3-5)8(10)11/h1,4,7,9H,2-3H2. The third-order valence-electron chi connectivity index (χ3n) is 1.50. The Kier molecular flexibility index (Phi) is 2.05. The van der Waals surface area contributed by atoms with Crippen molar-refractivity contribution >= 4 is 0 Å². The minimum Gasteiger partial charge on any atom is -0.361 e. The molecule has 0 bridgehead atoms. The number of nitro groups is 1. The van der Waals surface area contributed by atoms with Crippen molar-refractivity contribution in [2.45, 2.75) is 18.4 Å². The number of rotatable bonds is 1. The molecule has 0 aromatic heterocycles. The lowest BCUT2D eigenvalue weighted by atomic mass is 10.1. The van der Waals surface area contributed by atoms with Crippen LogP contribution in [0.2, 0.25) is 0 Å². The normalized spacial score (nSPS) is 38.5. The second-order valence-corrected chi connectivity index (χ2v) is 2.44. The van der Waals surface area contributed by atoms with Gasteiger partial charge >= 0.3 is 0 Å². The van der Waals surface area contributed by atoms with E-state index in [1.807, 2.05) is 0 Å². The first-order chi connectivity index (χ1) is 5.01. The molecule has 2 unspecified atom stereocenters. The first kappa shape index (κ1) is 8.35. The molecule has 5 nitrogen and oxygen atoms in total. The van der Waals surface area contributed by atoms with Crippen LogP contribution in [0.25, 0.3) is 0 Å². The summed E-state index contributed by atoms with van der Waals surface area (Å²) in [6.45, 7) is 0.0125. The number of hydrogen-bond donors (Lipinski definition) is 2. The highest BCUT2D eigenvalue weighted by Gasteiger charge is 2.39. The van der Waals surface area contributed by atoms with Gasteiger partial charge in [-0.15, -0.1) is 0 Å². The van der Waals surface area contributed by atoms with Gasteiger partial charge in [0.05, 0.1) is 6.42 Å². The number of nitrogens with zero attached hydrogens (tertiary/aromatic N) is 1. The Bertz CT molecular complexity index is 173. The molecule has 0 aliphatic carbocycles. The first-order valence-electron chi connectivity index (χ1n) is 3.14. The summed E-state index contributed by atoms with van der Waals surface area (Å²) in [5.74, 6) is -2.50. The molecule has 1 aliphatic heterocycles. The number of hydrogen-bond acceptors (Lipinski definition) is 4. The number of aliphatic hydroxyl groups is 1. The van der Waals surface area contributed by atoms with E-state index in [0.29, 0.717) is 0 Å². The van der Waals surface area contributed by atoms with Crippen LogP contribution in [0.5, 0.6) is 0 Å². The molecular formula is C5H8FN2O3. The van der Waals surface area contributed by atoms with E-state index in [1.165, 1.54) is 0 Å². The minimum atomic E-state index is -2.50. The molecule has 1 radical (unpaired) electrons. The van der Waals surface area contributed by atoms with Crippen LogP contribution < -0.4 is 5.32 Å². The largest absolute Gasteiger partial charge is 0.361 e. The SMILES string of the molecule is O=[N+]([O-])C1CC(O)(F)[CH]CN1. The molecule has 1 heterocycles. The Hall–Kier alpha value is -0.750. The van der Waals surface area contributed by atoms with Gasteiger partial charge in [0.2, 0.25) is 5.85 Å². The van der Waals surface area contributed by atoms with Crippen LogP contribution in [0, 0.1) is 16.5 Å². The van der Waals surface area contributed by atoms with E-state index in [-0.39, 0.29) is 6.54 Å². The summed E-state index contributed by atoms with van der Waals surface area (Å²) in [4.78, 5) is 9.44. The molecule has 1 rings (SSSR count). The molecular weight excluding hydrogens is 155 g/mol. The van der Waals surface area contributed by atoms with Gasteiger partial charge in [0.25, 0.3) is 6.17 Å². The maximum atomic E-state index is 12.6. The number of alkyl halides is 1. The summed E-state index contributed by atoms with van der Waals surface area (Å²) in [6.07, 6.45) is -0.748. The second kappa shape index (κ2) is 2.71. The van der Waals surface area contributed by atoms with Crippen molar-refractivity contribution in [2.24, 2.45) is 0 Å². The average molecular weight is 163 g/mol. The fraction of sp³-hybridized carbons (Fsp3) is 0.800. The van der Waals surface area contributed by atoms with Crippen molar-refractivity contribution in [3.63, 3.8) is 0 Å². The highest BCUT2D eigenvalue weighted by Crippen LogP contribution is 2.21. The molecule has 0 saturated carbocycles. The predicted molar refractivity (Wildman–Crippen MR) is 33.8 cm³/mol. The zero-order valence-electron chi connectivity index (χ0n) is 5.66. The van der Waals surface area contributed by atoms with E-state index in [1.54, 1.807) is 0 Å². The molecule has 2 atom stereocenters. The molecule has 6 heteroatoms. The first-order valence-corrected chi connectivity index (χ1v) is 3.14. The third-order valence-corrected chi connectivity index (χ3v) is 1.50. The molecule has 0 aromatic carbocycles. The van der Waals surface area contributed by atoms with Crippen LogP contribution >= 0.6 is 0 Å². The summed E-state index contributed by atoms with van der Waals surface area (Å²) < 4.78 is 12.6. The Labute approximate surface area is 62.4 Å². The molecule has 63 valence electrons. The topological polar surface area (TPSA) is 75.4 Å². The average Bonchev–Trinajstić information content (AvgIpc) is 1.85. The van der Waals surface area contributed by atoms with Crippen molar-refractivity contribution in [3.8, 4) is 0 Å². The van der Waals surface area contributed by atoms with E-state index < -0.39 is 23.4 Å². The maximum absolute atomic E-state index is 12.6. The van der Waals surface area contributed by atoms with Gasteiger partial charge in [0.15, 0.2) is 0 Å². The highest BCUT2D eigenvalue weighted by molar-refractivity contribution is 4.91. The van der Waals surface area contributed by atoms with Crippen LogP contribution in [0.15, 0.2) is 0 Å². The molecule has 1 saturated heterocycles. The van der Waals surface area contributed by atoms with Gasteiger partial charge in [0.1, 0.15) is 0 Å². The lowest BCUT2D eigenvalue weighted by molar-refractivity contribution is -0.537. The summed E-state index contributed by atoms with van der Waals surface area (Å²) in [7, 11) is 0. The minimum absolute atomic E-state index is 0.0125. The predicted octanol–water partition coefficient (Wildman–Crippen LogP) is -0.555. The third kappa shape index (κ3) is 2.09. The lowest BCUT2D eigenvalue weighted by Gasteiger charge is -2.25. The monoisotopic (exact) mass is 163 g/mol. The zero-order chi connectivity index (χ0) is 8.48. The van der Waals surface area contributed by atoms with Gasteiger partial charge in [-0.1, -0.05) is 0 Å². The molecule has 0 amide bonds. The van der Waals surface area contributed by atoms with Gasteiger partial charge in [-0.2, -0.15) is 0 Å². The van der Waals surface area contributed by atoms with Gasteiger partial charge in [-0.05, 0) is 0 Å². The van der Waals surface area contributed by atoms with Crippen molar-refractivity contribution in [1.29, 1.82) is 0 Å². The lowest BCUT2D eigenvalue weighted by Crippen LogP contribution is -2.49. The number of nitrogens with one attached hydrogen (secondary N) is 1. The molecule has 1 aliphatic rings. The van der Waals surface area contributed by atoms with Crippen LogP contribution in [-0.2, 0) is 0 Å². The molecule has 2 N–H and O–H groups in total. The fourth-order valence-electron chi connectivity index (χ4n) is 0.927. The Morgan fingerprint density at radius 1 is 1.91 bits per heavy atom. The van der Waals surface area contributed by atoms with E-state index in [9.17, 15) is 14.5 Å². The van der Waals surface area contributed by atoms with E-state index in [4.69, 9.17) is 5.11 Å². The molecule has 11 heavy (non-hydrogen) atoms. The highest BCUT2D eigenvalue weighted by atomic mass is 19.2. The molecule has 0 aromatic rings. The fourth-order valence-corrected chi connectivity index (χ4v) is 0.927. The smallest absolute Gasteiger partial charge is 0.271 e. The number of piperidine rings is 1. The van der Waals surface area contributed by atoms with Crippen molar-refractivity contribution < 1.29 is 14.4 Å². The van der Waals surface area contributed by atoms with E-state index >= 15 is 0 Å². The summed E-state index contributed by atoms with van der Waals surface area (Å²) in [5.41, 5.74) is 0. The van der Waals surface area contributed by atoms with Crippen LogP contribution in [0.1, 0.15) is 6.42 Å². The number of halogens is 1. The van der Waals surface area contributed by atoms with Crippen LogP contribution in [0.3, 0.4) is 0 Å². The second-order valence-electron chi connectivity index (χ2n) is 2.44. The Balaban J connectivity index is 2.53. The van der Waals surface area contributed by atoms with Gasteiger partial charge in [-0.3, -0.25) is 15.4 Å². The van der Waals surface area contributed by atoms with E-state index in [2.05, 4.69) is 5.32 Å². The summed E-state index contributed by atoms with van der Waals surface area (Å²) >= 11 is 0. The maximum Gasteiger partial charge on any atom is 0.271 e. The quantitative estimate of drug-likeness (QED) is 0.401. The van der Waals surface area contributed by atoms with E-state index in [0.717, 1.165) is 6.42 Å². The van der Waals surface area contributed by atoms with Gasteiger partial charge < -0.3 is 5.11 Å². The Morgan fingerprint density at radius 3 is 2.91 bits per heavy atom. The van der Waals surface area contributed by atoms with Crippen molar-refractivity contribution in [1.82, 2.24) is 5.32 Å². The summed E-state index contributed by atoms with van der Waals surface area (Å²) in [5, 5.41) is 21.2. The van der Waals surface area contributed by atoms with Crippen LogP contribution in [-0.4, -0.2) is 28.6 Å². The zero-order valence-corrected chi connectivity index (χ0v) is 5.66. The molecule has 0 spiro atoms. The van der Waals surface area contributed by atoms with Crippen LogP contribution in [0.4, 0.5) is 4.39 Å². The Morgan fingerprint density at radius 2 is 2.55 bits per heavy atom. The van der Waals surface area contributed by atoms with Gasteiger partial charge in [-0.25, -0.2) is 4.39 Å². The van der Waals surface area contributed by atoms with Gasteiger partial charge in [0, 0.05) is 17.9 Å². The summed E-state index contributed by atoms with van der Waals surface area (Å²) in [6, 6.07) is 0. The van der Waals surface area contributed by atoms with Crippen molar-refractivity contribution in [2.75, 3.05) is 6.54 Å². The van der Waals surface area contributed by atoms with Crippen molar-refractivity contribution in [3.05, 3.63) is 16.5 Å².